The minimum absolute atomic E-state index is 0.0416. The van der Waals surface area contributed by atoms with Gasteiger partial charge in [-0.1, -0.05) is 13.8 Å². The Kier molecular flexibility index (Phi) is 5.69. The Bertz CT molecular complexity index is 688. The van der Waals surface area contributed by atoms with E-state index in [0.29, 0.717) is 29.5 Å². The average molecular weight is 425 g/mol. The highest BCUT2D eigenvalue weighted by Gasteiger charge is 2.61. The van der Waals surface area contributed by atoms with E-state index < -0.39 is 6.09 Å². The van der Waals surface area contributed by atoms with Crippen molar-refractivity contribution in [2.45, 2.75) is 77.7 Å². The second-order valence-corrected chi connectivity index (χ2v) is 10.7. The number of alkyl halides is 1. The summed E-state index contributed by atoms with van der Waals surface area (Å²) < 4.78 is 5.80. The van der Waals surface area contributed by atoms with Crippen LogP contribution in [0.4, 0.5) is 4.79 Å². The van der Waals surface area contributed by atoms with Crippen molar-refractivity contribution >= 4 is 23.5 Å². The summed E-state index contributed by atoms with van der Waals surface area (Å²) in [5, 5.41) is 3.56. The fourth-order valence-electron chi connectivity index (χ4n) is 7.62. The van der Waals surface area contributed by atoms with Gasteiger partial charge in [-0.15, -0.1) is 16.5 Å². The molecule has 0 aromatic carbocycles. The van der Waals surface area contributed by atoms with Gasteiger partial charge in [-0.2, -0.15) is 5.01 Å². The number of fused-ring (bicyclic) bond motifs is 5. The molecule has 4 saturated carbocycles. The lowest BCUT2D eigenvalue weighted by Crippen LogP contribution is -2.54. The molecule has 5 unspecified atom stereocenters. The van der Waals surface area contributed by atoms with Crippen molar-refractivity contribution in [3.63, 3.8) is 0 Å². The molecule has 0 spiro atoms. The summed E-state index contributed by atoms with van der Waals surface area (Å²) in [6.07, 6.45) is 8.16. The van der Waals surface area contributed by atoms with Crippen LogP contribution in [0.2, 0.25) is 0 Å². The average Bonchev–Trinajstić information content (AvgIpc) is 3.03. The van der Waals surface area contributed by atoms with E-state index in [1.807, 2.05) is 0 Å². The minimum Gasteiger partial charge on any atom is -0.444 e. The van der Waals surface area contributed by atoms with E-state index in [4.69, 9.17) is 16.3 Å². The van der Waals surface area contributed by atoms with Crippen LogP contribution in [-0.4, -0.2) is 35.4 Å². The maximum Gasteiger partial charge on any atom is 0.433 e. The number of hydrogen-bond acceptors (Lipinski definition) is 5. The Labute approximate surface area is 178 Å². The van der Waals surface area contributed by atoms with E-state index in [1.165, 1.54) is 6.42 Å². The molecule has 162 valence electrons. The molecule has 0 aromatic rings. The molecule has 4 fully saturated rings. The third kappa shape index (κ3) is 3.39. The fraction of sp³-hybridized carbons (Fsp3) is 0.909. The van der Waals surface area contributed by atoms with Crippen LogP contribution in [0, 0.1) is 39.4 Å². The molecular weight excluding hydrogens is 392 g/mol. The molecule has 0 radical (unpaired) electrons. The molecule has 0 aliphatic heterocycles. The van der Waals surface area contributed by atoms with Crippen molar-refractivity contribution in [1.29, 1.82) is 0 Å². The van der Waals surface area contributed by atoms with Crippen LogP contribution in [-0.2, 0) is 9.53 Å². The molecule has 4 rings (SSSR count). The number of nitroso groups, excluding NO2 is 1. The lowest BCUT2D eigenvalue weighted by molar-refractivity contribution is -0.142. The number of Topliss-reactive ketones (excluding diaryl/α,β-unsaturated/α-hetero) is 1. The van der Waals surface area contributed by atoms with Crippen LogP contribution >= 0.6 is 11.6 Å². The van der Waals surface area contributed by atoms with E-state index >= 15 is 0 Å². The van der Waals surface area contributed by atoms with Crippen LogP contribution in [0.3, 0.4) is 0 Å². The van der Waals surface area contributed by atoms with Crippen molar-refractivity contribution in [3.05, 3.63) is 4.91 Å². The van der Waals surface area contributed by atoms with Gasteiger partial charge >= 0.3 is 6.09 Å². The topological polar surface area (TPSA) is 76.0 Å². The number of nitrogens with zero attached hydrogens (tertiary/aromatic N) is 2. The van der Waals surface area contributed by atoms with Crippen LogP contribution in [0.1, 0.15) is 71.6 Å². The number of carbonyl (C=O) groups excluding carboxylic acids is 2. The Morgan fingerprint density at radius 2 is 1.90 bits per heavy atom. The largest absolute Gasteiger partial charge is 0.444 e. The molecule has 7 atom stereocenters. The third-order valence-electron chi connectivity index (χ3n) is 9.24. The highest BCUT2D eigenvalue weighted by Crippen LogP contribution is 2.66. The van der Waals surface area contributed by atoms with Gasteiger partial charge in [0, 0.05) is 24.1 Å². The number of rotatable bonds is 4. The number of ether oxygens (including phenoxy) is 1. The molecule has 1 amide bonds. The van der Waals surface area contributed by atoms with Gasteiger partial charge < -0.3 is 4.74 Å². The van der Waals surface area contributed by atoms with Gasteiger partial charge in [0.25, 0.3) is 0 Å². The molecule has 0 bridgehead atoms. The first kappa shape index (κ1) is 21.1. The molecule has 0 heterocycles. The second-order valence-electron chi connectivity index (χ2n) is 10.3. The molecule has 4 aliphatic rings. The van der Waals surface area contributed by atoms with Gasteiger partial charge in [-0.3, -0.25) is 4.79 Å². The van der Waals surface area contributed by atoms with Crippen LogP contribution in [0.15, 0.2) is 5.29 Å². The number of amides is 1. The predicted octanol–water partition coefficient (Wildman–Crippen LogP) is 5.33. The van der Waals surface area contributed by atoms with E-state index in [9.17, 15) is 14.5 Å². The quantitative estimate of drug-likeness (QED) is 0.347. The van der Waals surface area contributed by atoms with E-state index in [-0.39, 0.29) is 29.4 Å². The van der Waals surface area contributed by atoms with Crippen molar-refractivity contribution in [1.82, 2.24) is 5.01 Å². The predicted molar refractivity (Wildman–Crippen MR) is 110 cm³/mol. The van der Waals surface area contributed by atoms with Crippen molar-refractivity contribution in [2.75, 3.05) is 12.4 Å². The standard InChI is InChI=1S/C22H33ClN2O4/c1-21-9-7-15(26)13-14(21)3-4-16-17-5-6-19(22(17,2)10-8-18(16)21)29-20(27)25(24-28)12-11-23/h14,16-19H,3-13H2,1-2H3/t14?,16?,17?,18?,19?,21-,22-/m1/s1. The van der Waals surface area contributed by atoms with Crippen molar-refractivity contribution < 1.29 is 14.3 Å². The molecule has 0 N–H and O–H groups in total. The summed E-state index contributed by atoms with van der Waals surface area (Å²) >= 11 is 5.66. The molecule has 29 heavy (non-hydrogen) atoms. The molecule has 4 aliphatic carbocycles. The smallest absolute Gasteiger partial charge is 0.433 e. The zero-order valence-electron chi connectivity index (χ0n) is 17.6. The lowest BCUT2D eigenvalue weighted by Gasteiger charge is -2.60. The number of carbonyl (C=O) groups is 2. The minimum atomic E-state index is -0.670. The Hall–Kier alpha value is -1.17. The number of hydrogen-bond donors (Lipinski definition) is 0. The normalized spacial score (nSPS) is 43.7. The Morgan fingerprint density at radius 3 is 2.62 bits per heavy atom. The SMILES string of the molecule is C[C@@]12CCC3C(CCC4CC(=O)CC[C@]43C)C1CCC2OC(=O)N(CCCl)N=O. The van der Waals surface area contributed by atoms with E-state index in [2.05, 4.69) is 19.1 Å². The zero-order chi connectivity index (χ0) is 20.8. The first-order valence-corrected chi connectivity index (χ1v) is 11.8. The maximum atomic E-state index is 12.4. The monoisotopic (exact) mass is 424 g/mol. The van der Waals surface area contributed by atoms with Crippen molar-refractivity contribution in [2.24, 2.45) is 39.8 Å². The van der Waals surface area contributed by atoms with Gasteiger partial charge in [0.05, 0.1) is 11.8 Å². The number of ketones is 1. The second kappa shape index (κ2) is 7.82. The van der Waals surface area contributed by atoms with Gasteiger partial charge in [0.15, 0.2) is 0 Å². The fourth-order valence-corrected chi connectivity index (χ4v) is 7.78. The number of halogens is 1. The summed E-state index contributed by atoms with van der Waals surface area (Å²) in [5.41, 5.74) is 0.242. The third-order valence-corrected chi connectivity index (χ3v) is 9.41. The molecule has 6 nitrogen and oxygen atoms in total. The Balaban J connectivity index is 1.49. The summed E-state index contributed by atoms with van der Waals surface area (Å²) in [6, 6.07) is 0. The van der Waals surface area contributed by atoms with Crippen molar-refractivity contribution in [3.8, 4) is 0 Å². The zero-order valence-corrected chi connectivity index (χ0v) is 18.3. The van der Waals surface area contributed by atoms with Crippen LogP contribution in [0.5, 0.6) is 0 Å². The summed E-state index contributed by atoms with van der Waals surface area (Å²) in [7, 11) is 0. The Morgan fingerprint density at radius 1 is 1.14 bits per heavy atom. The first-order valence-electron chi connectivity index (χ1n) is 11.2. The maximum absolute atomic E-state index is 12.4. The van der Waals surface area contributed by atoms with Gasteiger partial charge in [0.1, 0.15) is 11.9 Å². The first-order chi connectivity index (χ1) is 13.8. The van der Waals surface area contributed by atoms with Crippen LogP contribution < -0.4 is 0 Å². The molecule has 7 heteroatoms. The van der Waals surface area contributed by atoms with E-state index in [0.717, 1.165) is 56.4 Å². The highest BCUT2D eigenvalue weighted by atomic mass is 35.5. The van der Waals surface area contributed by atoms with Gasteiger partial charge in [-0.05, 0) is 74.0 Å². The highest BCUT2D eigenvalue weighted by molar-refractivity contribution is 6.18. The summed E-state index contributed by atoms with van der Waals surface area (Å²) in [4.78, 5) is 35.4. The van der Waals surface area contributed by atoms with E-state index in [1.54, 1.807) is 0 Å². The summed E-state index contributed by atoms with van der Waals surface area (Å²) in [5.74, 6) is 3.01. The molecular formula is C22H33ClN2O4. The molecule has 0 aromatic heterocycles. The van der Waals surface area contributed by atoms with Gasteiger partial charge in [0.2, 0.25) is 0 Å². The summed E-state index contributed by atoms with van der Waals surface area (Å²) in [6.45, 7) is 4.79. The lowest BCUT2D eigenvalue weighted by atomic mass is 9.45. The van der Waals surface area contributed by atoms with Crippen LogP contribution in [0.25, 0.3) is 0 Å². The molecule has 0 saturated heterocycles. The van der Waals surface area contributed by atoms with Gasteiger partial charge in [-0.25, -0.2) is 4.79 Å².